The fourth-order valence-corrected chi connectivity index (χ4v) is 4.03. The van der Waals surface area contributed by atoms with Gasteiger partial charge in [0.25, 0.3) is 0 Å². The minimum atomic E-state index is 0.110. The maximum Gasteiger partial charge on any atom is 0.228 e. The smallest absolute Gasteiger partial charge is 0.228 e. The van der Waals surface area contributed by atoms with Crippen molar-refractivity contribution >= 4 is 17.5 Å². The summed E-state index contributed by atoms with van der Waals surface area (Å²) in [5, 5.41) is 0.277. The van der Waals surface area contributed by atoms with Gasteiger partial charge in [-0.1, -0.05) is 0 Å². The minimum absolute atomic E-state index is 0.110. The van der Waals surface area contributed by atoms with Crippen LogP contribution in [0.5, 0.6) is 0 Å². The van der Waals surface area contributed by atoms with Gasteiger partial charge in [0, 0.05) is 24.1 Å². The molecule has 3 atom stereocenters. The third kappa shape index (κ3) is 2.19. The van der Waals surface area contributed by atoms with Gasteiger partial charge in [0.05, 0.1) is 12.5 Å². The molecule has 96 valence electrons. The molecule has 3 saturated heterocycles. The Balaban J connectivity index is 1.69. The van der Waals surface area contributed by atoms with Gasteiger partial charge in [-0.3, -0.25) is 4.79 Å². The van der Waals surface area contributed by atoms with E-state index in [9.17, 15) is 4.79 Å². The Hall–Kier alpha value is -0.280. The second-order valence-electron chi connectivity index (χ2n) is 5.61. The summed E-state index contributed by atoms with van der Waals surface area (Å²) in [6, 6.07) is 0.816. The molecule has 0 saturated carbocycles. The first kappa shape index (κ1) is 11.8. The van der Waals surface area contributed by atoms with Gasteiger partial charge in [0.15, 0.2) is 0 Å². The summed E-state index contributed by atoms with van der Waals surface area (Å²) >= 11 is 6.24. The average Bonchev–Trinajstić information content (AvgIpc) is 2.62. The van der Waals surface area contributed by atoms with Gasteiger partial charge in [-0.15, -0.1) is 11.6 Å². The number of rotatable bonds is 1. The molecule has 0 N–H and O–H groups in total. The van der Waals surface area contributed by atoms with Crippen LogP contribution in [0.25, 0.3) is 0 Å². The molecule has 2 bridgehead atoms. The lowest BCUT2D eigenvalue weighted by Gasteiger charge is -2.39. The predicted molar refractivity (Wildman–Crippen MR) is 66.1 cm³/mol. The Morgan fingerprint density at radius 3 is 2.47 bits per heavy atom. The Bertz CT molecular complexity index is 290. The van der Waals surface area contributed by atoms with Gasteiger partial charge in [0.1, 0.15) is 0 Å². The summed E-state index contributed by atoms with van der Waals surface area (Å²) < 4.78 is 5.43. The number of alkyl halides is 1. The zero-order chi connectivity index (χ0) is 11.8. The molecular formula is C13H20ClNO2. The lowest BCUT2D eigenvalue weighted by atomic mass is 9.96. The second kappa shape index (κ2) is 4.77. The van der Waals surface area contributed by atoms with Crippen molar-refractivity contribution in [2.75, 3.05) is 13.2 Å². The van der Waals surface area contributed by atoms with Crippen LogP contribution in [0.3, 0.4) is 0 Å². The van der Waals surface area contributed by atoms with Crippen molar-refractivity contribution < 1.29 is 9.53 Å². The molecule has 4 heteroatoms. The number of hydrogen-bond acceptors (Lipinski definition) is 2. The molecule has 0 radical (unpaired) electrons. The zero-order valence-electron chi connectivity index (χ0n) is 10.1. The van der Waals surface area contributed by atoms with Crippen LogP contribution in [-0.2, 0) is 9.53 Å². The van der Waals surface area contributed by atoms with Crippen molar-refractivity contribution in [1.82, 2.24) is 4.90 Å². The van der Waals surface area contributed by atoms with Crippen LogP contribution in [0.2, 0.25) is 0 Å². The first-order valence-electron chi connectivity index (χ1n) is 6.79. The number of carbonyl (C=O) groups excluding carboxylic acids is 1. The Morgan fingerprint density at radius 2 is 1.88 bits per heavy atom. The highest BCUT2D eigenvalue weighted by Crippen LogP contribution is 2.39. The van der Waals surface area contributed by atoms with E-state index in [2.05, 4.69) is 4.90 Å². The monoisotopic (exact) mass is 257 g/mol. The number of nitrogens with zero attached hydrogens (tertiary/aromatic N) is 1. The van der Waals surface area contributed by atoms with Crippen molar-refractivity contribution in [3.8, 4) is 0 Å². The number of carbonyl (C=O) groups is 1. The predicted octanol–water partition coefficient (Wildman–Crippen LogP) is 2.17. The summed E-state index contributed by atoms with van der Waals surface area (Å²) in [4.78, 5) is 14.7. The van der Waals surface area contributed by atoms with Gasteiger partial charge >= 0.3 is 0 Å². The highest BCUT2D eigenvalue weighted by molar-refractivity contribution is 6.20. The van der Waals surface area contributed by atoms with Gasteiger partial charge in [0.2, 0.25) is 5.91 Å². The molecule has 3 unspecified atom stereocenters. The molecule has 3 aliphatic heterocycles. The molecule has 17 heavy (non-hydrogen) atoms. The fraction of sp³-hybridized carbons (Fsp3) is 0.923. The Labute approximate surface area is 107 Å². The maximum absolute atomic E-state index is 12.5. The average molecular weight is 258 g/mol. The molecule has 3 aliphatic rings. The molecule has 3 nitrogen and oxygen atoms in total. The molecule has 0 aliphatic carbocycles. The normalized spacial score (nSPS) is 41.6. The van der Waals surface area contributed by atoms with E-state index in [4.69, 9.17) is 16.3 Å². The second-order valence-corrected chi connectivity index (χ2v) is 6.23. The highest BCUT2D eigenvalue weighted by Gasteiger charge is 2.44. The summed E-state index contributed by atoms with van der Waals surface area (Å²) in [6.45, 7) is 1.44. The largest absolute Gasteiger partial charge is 0.381 e. The first-order valence-corrected chi connectivity index (χ1v) is 7.23. The van der Waals surface area contributed by atoms with Crippen molar-refractivity contribution in [2.45, 2.75) is 56.0 Å². The lowest BCUT2D eigenvalue weighted by molar-refractivity contribution is -0.144. The van der Waals surface area contributed by atoms with Crippen LogP contribution in [0.4, 0.5) is 0 Å². The molecule has 3 rings (SSSR count). The summed E-state index contributed by atoms with van der Waals surface area (Å²) in [5.74, 6) is 0.444. The molecule has 0 spiro atoms. The van der Waals surface area contributed by atoms with Gasteiger partial charge in [-0.2, -0.15) is 0 Å². The van der Waals surface area contributed by atoms with Crippen LogP contribution in [0, 0.1) is 5.92 Å². The summed E-state index contributed by atoms with van der Waals surface area (Å²) in [7, 11) is 0. The number of fused-ring (bicyclic) bond motifs is 2. The van der Waals surface area contributed by atoms with E-state index in [1.165, 1.54) is 0 Å². The molecule has 3 heterocycles. The fourth-order valence-electron chi connectivity index (χ4n) is 3.62. The lowest BCUT2D eigenvalue weighted by Crippen LogP contribution is -2.50. The highest BCUT2D eigenvalue weighted by atomic mass is 35.5. The van der Waals surface area contributed by atoms with Crippen molar-refractivity contribution in [2.24, 2.45) is 5.92 Å². The number of amides is 1. The summed E-state index contributed by atoms with van der Waals surface area (Å²) in [6.07, 6.45) is 6.28. The topological polar surface area (TPSA) is 29.5 Å². The van der Waals surface area contributed by atoms with Crippen molar-refractivity contribution in [3.63, 3.8) is 0 Å². The van der Waals surface area contributed by atoms with Crippen LogP contribution in [0.15, 0.2) is 0 Å². The number of hydrogen-bond donors (Lipinski definition) is 0. The van der Waals surface area contributed by atoms with Gasteiger partial charge in [-0.25, -0.2) is 0 Å². The SMILES string of the molecule is O=C(C1CCCOC1)N1C2CCC1CC(Cl)C2. The number of piperidine rings is 1. The van der Waals surface area contributed by atoms with E-state index in [1.54, 1.807) is 0 Å². The van der Waals surface area contributed by atoms with Gasteiger partial charge < -0.3 is 9.64 Å². The molecule has 0 aromatic rings. The molecule has 3 fully saturated rings. The summed E-state index contributed by atoms with van der Waals surface area (Å²) in [5.41, 5.74) is 0. The third-order valence-corrected chi connectivity index (χ3v) is 4.80. The van der Waals surface area contributed by atoms with E-state index in [-0.39, 0.29) is 11.3 Å². The van der Waals surface area contributed by atoms with Crippen LogP contribution >= 0.6 is 11.6 Å². The maximum atomic E-state index is 12.5. The molecule has 0 aromatic heterocycles. The van der Waals surface area contributed by atoms with Crippen molar-refractivity contribution in [3.05, 3.63) is 0 Å². The Kier molecular flexibility index (Phi) is 3.31. The number of ether oxygens (including phenoxy) is 1. The standard InChI is InChI=1S/C13H20ClNO2/c14-10-6-11-3-4-12(7-10)15(11)13(16)9-2-1-5-17-8-9/h9-12H,1-8H2. The molecule has 1 amide bonds. The first-order chi connectivity index (χ1) is 8.25. The van der Waals surface area contributed by atoms with E-state index < -0.39 is 0 Å². The van der Waals surface area contributed by atoms with Gasteiger partial charge in [-0.05, 0) is 38.5 Å². The Morgan fingerprint density at radius 1 is 1.18 bits per heavy atom. The quantitative estimate of drug-likeness (QED) is 0.674. The number of halogens is 1. The van der Waals surface area contributed by atoms with Crippen LogP contribution in [0.1, 0.15) is 38.5 Å². The van der Waals surface area contributed by atoms with Crippen molar-refractivity contribution in [1.29, 1.82) is 0 Å². The molecular weight excluding hydrogens is 238 g/mol. The minimum Gasteiger partial charge on any atom is -0.381 e. The third-order valence-electron chi connectivity index (χ3n) is 4.44. The van der Waals surface area contributed by atoms with E-state index in [1.807, 2.05) is 0 Å². The van der Waals surface area contributed by atoms with Crippen LogP contribution < -0.4 is 0 Å². The van der Waals surface area contributed by atoms with Crippen LogP contribution in [-0.4, -0.2) is 41.5 Å². The molecule has 0 aromatic carbocycles. The van der Waals surface area contributed by atoms with E-state index in [0.29, 0.717) is 24.6 Å². The zero-order valence-corrected chi connectivity index (χ0v) is 10.9. The van der Waals surface area contributed by atoms with E-state index in [0.717, 1.165) is 45.1 Å². The van der Waals surface area contributed by atoms with E-state index >= 15 is 0 Å².